The lowest BCUT2D eigenvalue weighted by atomic mass is 10.2. The summed E-state index contributed by atoms with van der Waals surface area (Å²) in [4.78, 5) is 31.4. The van der Waals surface area contributed by atoms with E-state index in [0.717, 1.165) is 15.3 Å². The van der Waals surface area contributed by atoms with Crippen LogP contribution in [0.15, 0.2) is 33.7 Å². The summed E-state index contributed by atoms with van der Waals surface area (Å²) in [6.07, 6.45) is 2.97. The minimum Gasteiger partial charge on any atom is -0.289 e. The van der Waals surface area contributed by atoms with Crippen LogP contribution >= 0.6 is 22.7 Å². The zero-order chi connectivity index (χ0) is 16.4. The standard InChI is InChI=1S/C15H14N4O2S2/c1-9-10(2)23-14-13(9)15(21)19(8-16-14)7-12(20)18-17-6-11-4-3-5-22-11/h3-6,8H,7H2,1-2H3,(H,18,20). The van der Waals surface area contributed by atoms with E-state index >= 15 is 0 Å². The van der Waals surface area contributed by atoms with E-state index in [9.17, 15) is 9.59 Å². The van der Waals surface area contributed by atoms with Crippen LogP contribution < -0.4 is 11.0 Å². The molecule has 3 aromatic heterocycles. The maximum Gasteiger partial charge on any atom is 0.262 e. The topological polar surface area (TPSA) is 76.3 Å². The number of aryl methyl sites for hydroxylation is 2. The van der Waals surface area contributed by atoms with Crippen molar-refractivity contribution in [3.8, 4) is 0 Å². The fourth-order valence-corrected chi connectivity index (χ4v) is 3.68. The molecule has 0 bridgehead atoms. The van der Waals surface area contributed by atoms with Gasteiger partial charge in [-0.15, -0.1) is 22.7 Å². The van der Waals surface area contributed by atoms with E-state index in [1.807, 2.05) is 31.4 Å². The van der Waals surface area contributed by atoms with Crippen LogP contribution in [0.25, 0.3) is 10.2 Å². The van der Waals surface area contributed by atoms with Crippen molar-refractivity contribution in [2.75, 3.05) is 0 Å². The summed E-state index contributed by atoms with van der Waals surface area (Å²) in [6, 6.07) is 3.80. The third-order valence-electron chi connectivity index (χ3n) is 3.39. The molecule has 0 atom stereocenters. The summed E-state index contributed by atoms with van der Waals surface area (Å²) in [5, 5.41) is 6.39. The fourth-order valence-electron chi connectivity index (χ4n) is 2.11. The zero-order valence-corrected chi connectivity index (χ0v) is 14.2. The summed E-state index contributed by atoms with van der Waals surface area (Å²) in [7, 11) is 0. The molecule has 3 rings (SSSR count). The number of hydrogen-bond acceptors (Lipinski definition) is 6. The van der Waals surface area contributed by atoms with Crippen LogP contribution in [-0.2, 0) is 11.3 Å². The maximum atomic E-state index is 12.5. The van der Waals surface area contributed by atoms with E-state index in [1.54, 1.807) is 6.21 Å². The number of rotatable bonds is 4. The smallest absolute Gasteiger partial charge is 0.262 e. The Balaban J connectivity index is 1.76. The quantitative estimate of drug-likeness (QED) is 0.582. The summed E-state index contributed by atoms with van der Waals surface area (Å²) in [6.45, 7) is 3.74. The average molecular weight is 346 g/mol. The molecule has 0 fully saturated rings. The second-order valence-electron chi connectivity index (χ2n) is 4.95. The minimum atomic E-state index is -0.370. The van der Waals surface area contributed by atoms with Gasteiger partial charge in [-0.2, -0.15) is 5.10 Å². The van der Waals surface area contributed by atoms with E-state index in [4.69, 9.17) is 0 Å². The molecule has 0 spiro atoms. The Kier molecular flexibility index (Phi) is 4.35. The van der Waals surface area contributed by atoms with Gasteiger partial charge in [-0.1, -0.05) is 6.07 Å². The number of carbonyl (C=O) groups is 1. The van der Waals surface area contributed by atoms with E-state index in [0.29, 0.717) is 10.2 Å². The summed E-state index contributed by atoms with van der Waals surface area (Å²) >= 11 is 3.01. The van der Waals surface area contributed by atoms with Crippen molar-refractivity contribution in [1.29, 1.82) is 0 Å². The highest BCUT2D eigenvalue weighted by molar-refractivity contribution is 7.18. The van der Waals surface area contributed by atoms with Gasteiger partial charge < -0.3 is 0 Å². The molecular formula is C15H14N4O2S2. The van der Waals surface area contributed by atoms with Crippen LogP contribution in [-0.4, -0.2) is 21.7 Å². The maximum absolute atomic E-state index is 12.5. The molecule has 6 nitrogen and oxygen atoms in total. The first-order valence-corrected chi connectivity index (χ1v) is 8.56. The summed E-state index contributed by atoms with van der Waals surface area (Å²) in [5.74, 6) is -0.370. The van der Waals surface area contributed by atoms with Gasteiger partial charge in [0.15, 0.2) is 0 Å². The molecule has 8 heteroatoms. The lowest BCUT2D eigenvalue weighted by molar-refractivity contribution is -0.121. The van der Waals surface area contributed by atoms with Crippen molar-refractivity contribution < 1.29 is 4.79 Å². The SMILES string of the molecule is Cc1sc2ncn(CC(=O)NN=Cc3cccs3)c(=O)c2c1C. The van der Waals surface area contributed by atoms with Gasteiger partial charge in [0.25, 0.3) is 11.5 Å². The monoisotopic (exact) mass is 346 g/mol. The Morgan fingerprint density at radius 3 is 3.04 bits per heavy atom. The van der Waals surface area contributed by atoms with E-state index in [-0.39, 0.29) is 18.0 Å². The number of amides is 1. The molecule has 0 aliphatic carbocycles. The van der Waals surface area contributed by atoms with Crippen molar-refractivity contribution in [3.63, 3.8) is 0 Å². The van der Waals surface area contributed by atoms with Gasteiger partial charge in [0, 0.05) is 9.75 Å². The van der Waals surface area contributed by atoms with E-state index < -0.39 is 0 Å². The molecule has 3 aromatic rings. The van der Waals surface area contributed by atoms with Crippen molar-refractivity contribution >= 4 is 45.0 Å². The fraction of sp³-hybridized carbons (Fsp3) is 0.200. The molecular weight excluding hydrogens is 332 g/mol. The minimum absolute atomic E-state index is 0.113. The normalized spacial score (nSPS) is 11.4. The van der Waals surface area contributed by atoms with Gasteiger partial charge in [0.1, 0.15) is 11.4 Å². The lowest BCUT2D eigenvalue weighted by Gasteiger charge is -2.04. The molecule has 1 amide bonds. The van der Waals surface area contributed by atoms with Gasteiger partial charge in [-0.05, 0) is 30.9 Å². The van der Waals surface area contributed by atoms with Crippen LogP contribution in [0.4, 0.5) is 0 Å². The van der Waals surface area contributed by atoms with Crippen molar-refractivity contribution in [3.05, 3.63) is 49.5 Å². The summed E-state index contributed by atoms with van der Waals surface area (Å²) < 4.78 is 1.30. The van der Waals surface area contributed by atoms with Crippen molar-refractivity contribution in [2.45, 2.75) is 20.4 Å². The number of fused-ring (bicyclic) bond motifs is 1. The molecule has 0 saturated carbocycles. The number of thiophene rings is 2. The largest absolute Gasteiger partial charge is 0.289 e. The molecule has 0 unspecified atom stereocenters. The van der Waals surface area contributed by atoms with Crippen LogP contribution in [0.2, 0.25) is 0 Å². The highest BCUT2D eigenvalue weighted by atomic mass is 32.1. The Hall–Kier alpha value is -2.32. The van der Waals surface area contributed by atoms with Crippen LogP contribution in [0.1, 0.15) is 15.3 Å². The summed E-state index contributed by atoms with van der Waals surface area (Å²) in [5.41, 5.74) is 3.14. The lowest BCUT2D eigenvalue weighted by Crippen LogP contribution is -2.30. The highest BCUT2D eigenvalue weighted by Gasteiger charge is 2.13. The molecule has 1 N–H and O–H groups in total. The van der Waals surface area contributed by atoms with E-state index in [1.165, 1.54) is 33.6 Å². The molecule has 23 heavy (non-hydrogen) atoms. The Bertz CT molecular complexity index is 938. The Morgan fingerprint density at radius 2 is 2.30 bits per heavy atom. The number of aromatic nitrogens is 2. The van der Waals surface area contributed by atoms with Gasteiger partial charge in [0.05, 0.1) is 17.9 Å². The zero-order valence-electron chi connectivity index (χ0n) is 12.6. The molecule has 0 radical (unpaired) electrons. The van der Waals surface area contributed by atoms with Gasteiger partial charge in [0.2, 0.25) is 0 Å². The molecule has 0 aliphatic rings. The molecule has 0 aliphatic heterocycles. The first-order valence-electron chi connectivity index (χ1n) is 6.87. The average Bonchev–Trinajstić information content (AvgIpc) is 3.12. The van der Waals surface area contributed by atoms with Crippen LogP contribution in [0.5, 0.6) is 0 Å². The number of hydrogen-bond donors (Lipinski definition) is 1. The predicted molar refractivity (Wildman–Crippen MR) is 93.4 cm³/mol. The molecule has 0 saturated heterocycles. The van der Waals surface area contributed by atoms with E-state index in [2.05, 4.69) is 15.5 Å². The highest BCUT2D eigenvalue weighted by Crippen LogP contribution is 2.25. The van der Waals surface area contributed by atoms with Gasteiger partial charge in [-0.3, -0.25) is 14.2 Å². The number of hydrazone groups is 1. The third kappa shape index (κ3) is 3.22. The Labute approximate surface area is 140 Å². The second kappa shape index (κ2) is 6.43. The number of nitrogens with one attached hydrogen (secondary N) is 1. The Morgan fingerprint density at radius 1 is 1.48 bits per heavy atom. The van der Waals surface area contributed by atoms with Crippen molar-refractivity contribution in [2.24, 2.45) is 5.10 Å². The first kappa shape index (κ1) is 15.6. The molecule has 0 aromatic carbocycles. The molecule has 118 valence electrons. The second-order valence-corrected chi connectivity index (χ2v) is 7.13. The van der Waals surface area contributed by atoms with Crippen LogP contribution in [0, 0.1) is 13.8 Å². The van der Waals surface area contributed by atoms with Crippen molar-refractivity contribution in [1.82, 2.24) is 15.0 Å². The third-order valence-corrected chi connectivity index (χ3v) is 5.32. The number of carbonyl (C=O) groups excluding carboxylic acids is 1. The van der Waals surface area contributed by atoms with Gasteiger partial charge >= 0.3 is 0 Å². The predicted octanol–water partition coefficient (Wildman–Crippen LogP) is 2.29. The number of nitrogens with zero attached hydrogens (tertiary/aromatic N) is 3. The van der Waals surface area contributed by atoms with Gasteiger partial charge in [-0.25, -0.2) is 10.4 Å². The van der Waals surface area contributed by atoms with Crippen LogP contribution in [0.3, 0.4) is 0 Å². The molecule has 3 heterocycles. The first-order chi connectivity index (χ1) is 11.1.